The van der Waals surface area contributed by atoms with Crippen LogP contribution < -0.4 is 0 Å². The third-order valence-electron chi connectivity index (χ3n) is 3.40. The Labute approximate surface area is 142 Å². The summed E-state index contributed by atoms with van der Waals surface area (Å²) in [5, 5.41) is 6.54. The molecule has 2 aromatic rings. The predicted octanol–water partition coefficient (Wildman–Crippen LogP) is 4.05. The highest BCUT2D eigenvalue weighted by Crippen LogP contribution is 2.25. The summed E-state index contributed by atoms with van der Waals surface area (Å²) in [7, 11) is 0. The molecule has 0 radical (unpaired) electrons. The molecule has 0 aromatic carbocycles. The number of nitrogens with zero attached hydrogens (tertiary/aromatic N) is 3. The van der Waals surface area contributed by atoms with E-state index in [9.17, 15) is 0 Å². The molecule has 0 amide bonds. The number of rotatable bonds is 3. The lowest BCUT2D eigenvalue weighted by atomic mass is 10.1. The molecule has 0 unspecified atom stereocenters. The molecule has 0 saturated carbocycles. The van der Waals surface area contributed by atoms with E-state index in [1.807, 2.05) is 43.4 Å². The first-order valence-electron chi connectivity index (χ1n) is 7.30. The van der Waals surface area contributed by atoms with Crippen molar-refractivity contribution in [3.05, 3.63) is 50.4 Å². The maximum absolute atomic E-state index is 5.51. The van der Waals surface area contributed by atoms with Crippen LogP contribution in [0.5, 0.6) is 0 Å². The quantitative estimate of drug-likeness (QED) is 0.349. The van der Waals surface area contributed by atoms with Crippen molar-refractivity contribution in [2.75, 3.05) is 6.54 Å². The summed E-state index contributed by atoms with van der Waals surface area (Å²) >= 11 is 5.27. The molecule has 2 aromatic heterocycles. The molecule has 22 heavy (non-hydrogen) atoms. The second kappa shape index (κ2) is 6.79. The van der Waals surface area contributed by atoms with Crippen LogP contribution in [0.4, 0.5) is 0 Å². The van der Waals surface area contributed by atoms with Gasteiger partial charge < -0.3 is 9.74 Å². The van der Waals surface area contributed by atoms with Gasteiger partial charge in [-0.2, -0.15) is 0 Å². The van der Waals surface area contributed by atoms with Crippen LogP contribution in [0.25, 0.3) is 0 Å². The summed E-state index contributed by atoms with van der Waals surface area (Å²) in [5.74, 6) is 0.798. The third-order valence-corrected chi connectivity index (χ3v) is 4.87. The topological polar surface area (TPSA) is 37.7 Å². The van der Waals surface area contributed by atoms with E-state index in [4.69, 9.17) is 4.84 Å². The highest BCUT2D eigenvalue weighted by molar-refractivity contribution is 9.10. The van der Waals surface area contributed by atoms with Crippen molar-refractivity contribution in [3.63, 3.8) is 0 Å². The molecule has 3 heterocycles. The molecule has 0 saturated heterocycles. The van der Waals surface area contributed by atoms with Crippen LogP contribution in [0.15, 0.2) is 39.4 Å². The fraction of sp³-hybridized carbons (Fsp3) is 0.375. The molecule has 3 rings (SSSR count). The Morgan fingerprint density at radius 2 is 2.27 bits per heavy atom. The van der Waals surface area contributed by atoms with Gasteiger partial charge in [0, 0.05) is 18.0 Å². The van der Waals surface area contributed by atoms with Gasteiger partial charge in [0.05, 0.1) is 0 Å². The van der Waals surface area contributed by atoms with E-state index in [1.165, 1.54) is 10.4 Å². The summed E-state index contributed by atoms with van der Waals surface area (Å²) in [5.41, 5.74) is 2.21. The highest BCUT2D eigenvalue weighted by atomic mass is 79.9. The highest BCUT2D eigenvalue weighted by Gasteiger charge is 2.23. The smallest absolute Gasteiger partial charge is 0.194 e. The van der Waals surface area contributed by atoms with Gasteiger partial charge in [0.25, 0.3) is 0 Å². The fourth-order valence-electron chi connectivity index (χ4n) is 2.38. The minimum absolute atomic E-state index is 0.0450. The average Bonchev–Trinajstić information content (AvgIpc) is 2.95. The summed E-state index contributed by atoms with van der Waals surface area (Å²) in [6.45, 7) is 5.74. The Morgan fingerprint density at radius 3 is 3.05 bits per heavy atom. The molecule has 6 heteroatoms. The van der Waals surface area contributed by atoms with Crippen LogP contribution in [0.3, 0.4) is 0 Å². The number of aromatic nitrogens is 1. The number of halogens is 1. The molecule has 4 nitrogen and oxygen atoms in total. The molecular formula is C16H18BrN3OS. The summed E-state index contributed by atoms with van der Waals surface area (Å²) in [6, 6.07) is 8.05. The van der Waals surface area contributed by atoms with Crippen LogP contribution in [-0.2, 0) is 17.8 Å². The number of oxime groups is 1. The predicted molar refractivity (Wildman–Crippen MR) is 93.1 cm³/mol. The van der Waals surface area contributed by atoms with Crippen molar-refractivity contribution in [2.24, 2.45) is 5.16 Å². The van der Waals surface area contributed by atoms with Crippen LogP contribution in [-0.4, -0.2) is 28.4 Å². The van der Waals surface area contributed by atoms with Crippen molar-refractivity contribution in [3.8, 4) is 0 Å². The van der Waals surface area contributed by atoms with E-state index in [0.717, 1.165) is 35.6 Å². The van der Waals surface area contributed by atoms with Gasteiger partial charge in [-0.15, -0.1) is 11.3 Å². The van der Waals surface area contributed by atoms with Gasteiger partial charge in [0.2, 0.25) is 0 Å². The molecule has 1 aliphatic heterocycles. The van der Waals surface area contributed by atoms with Crippen LogP contribution >= 0.6 is 27.3 Å². The van der Waals surface area contributed by atoms with Crippen molar-refractivity contribution >= 4 is 33.1 Å². The van der Waals surface area contributed by atoms with Gasteiger partial charge in [-0.3, -0.25) is 0 Å². The van der Waals surface area contributed by atoms with Crippen LogP contribution in [0.1, 0.15) is 30.0 Å². The summed E-state index contributed by atoms with van der Waals surface area (Å²) < 4.78 is 0.801. The van der Waals surface area contributed by atoms with Crippen LogP contribution in [0.2, 0.25) is 0 Å². The lowest BCUT2D eigenvalue weighted by Gasteiger charge is -2.29. The van der Waals surface area contributed by atoms with E-state index < -0.39 is 0 Å². The van der Waals surface area contributed by atoms with Crippen molar-refractivity contribution in [2.45, 2.75) is 32.9 Å². The molecule has 1 aliphatic rings. The molecule has 116 valence electrons. The van der Waals surface area contributed by atoms with Crippen molar-refractivity contribution in [1.29, 1.82) is 0 Å². The molecule has 0 N–H and O–H groups in total. The first-order valence-corrected chi connectivity index (χ1v) is 8.97. The maximum atomic E-state index is 5.51. The Kier molecular flexibility index (Phi) is 4.78. The van der Waals surface area contributed by atoms with Gasteiger partial charge in [-0.05, 0) is 65.3 Å². The third kappa shape index (κ3) is 3.50. The van der Waals surface area contributed by atoms with Gasteiger partial charge in [-0.1, -0.05) is 11.2 Å². The second-order valence-electron chi connectivity index (χ2n) is 5.46. The second-order valence-corrected chi connectivity index (χ2v) is 7.27. The minimum atomic E-state index is 0.0450. The normalized spacial score (nSPS) is 15.1. The standard InChI is InChI=1S/C16H18BrN3OS/c1-11(2)21-19-16(13-4-3-5-15(17)18-13)20-8-6-14-12(10-20)7-9-22-14/h3-5,7,9,11H,6,8,10H2,1-2H3. The molecule has 0 aliphatic carbocycles. The largest absolute Gasteiger partial charge is 0.391 e. The lowest BCUT2D eigenvalue weighted by Crippen LogP contribution is -2.36. The monoisotopic (exact) mass is 379 g/mol. The minimum Gasteiger partial charge on any atom is -0.391 e. The number of amidine groups is 1. The summed E-state index contributed by atoms with van der Waals surface area (Å²) in [4.78, 5) is 13.8. The Morgan fingerprint density at radius 1 is 1.41 bits per heavy atom. The van der Waals surface area contributed by atoms with E-state index in [-0.39, 0.29) is 6.10 Å². The number of hydrogen-bond acceptors (Lipinski definition) is 4. The van der Waals surface area contributed by atoms with Crippen molar-refractivity contribution in [1.82, 2.24) is 9.88 Å². The first-order chi connectivity index (χ1) is 10.6. The molecule has 0 atom stereocenters. The zero-order valence-corrected chi connectivity index (χ0v) is 15.0. The van der Waals surface area contributed by atoms with E-state index >= 15 is 0 Å². The number of hydrogen-bond donors (Lipinski definition) is 0. The zero-order valence-electron chi connectivity index (χ0n) is 12.6. The Hall–Kier alpha value is -1.40. The van der Waals surface area contributed by atoms with Gasteiger partial charge in [0.15, 0.2) is 5.84 Å². The van der Waals surface area contributed by atoms with E-state index in [2.05, 4.69) is 42.4 Å². The fourth-order valence-corrected chi connectivity index (χ4v) is 3.62. The number of pyridine rings is 1. The molecule has 0 bridgehead atoms. The van der Waals surface area contributed by atoms with Crippen molar-refractivity contribution < 1.29 is 4.84 Å². The molecular weight excluding hydrogens is 362 g/mol. The van der Waals surface area contributed by atoms with Crippen LogP contribution in [0, 0.1) is 0 Å². The summed E-state index contributed by atoms with van der Waals surface area (Å²) in [6.07, 6.45) is 1.09. The van der Waals surface area contributed by atoms with Gasteiger partial charge >= 0.3 is 0 Å². The number of fused-ring (bicyclic) bond motifs is 1. The molecule has 0 spiro atoms. The SMILES string of the molecule is CC(C)ON=C(c1cccc(Br)n1)N1CCc2sccc2C1. The van der Waals surface area contributed by atoms with Gasteiger partial charge in [0.1, 0.15) is 16.4 Å². The maximum Gasteiger partial charge on any atom is 0.194 e. The number of thiophene rings is 1. The lowest BCUT2D eigenvalue weighted by molar-refractivity contribution is 0.0821. The average molecular weight is 380 g/mol. The first kappa shape index (κ1) is 15.5. The van der Waals surface area contributed by atoms with E-state index in [0.29, 0.717) is 0 Å². The van der Waals surface area contributed by atoms with E-state index in [1.54, 1.807) is 0 Å². The van der Waals surface area contributed by atoms with Gasteiger partial charge in [-0.25, -0.2) is 4.98 Å². The molecule has 0 fully saturated rings. The Balaban J connectivity index is 1.91. The Bertz CT molecular complexity index is 684. The zero-order chi connectivity index (χ0) is 15.5.